The van der Waals surface area contributed by atoms with E-state index in [9.17, 15) is 9.59 Å². The van der Waals surface area contributed by atoms with E-state index in [-0.39, 0.29) is 22.4 Å². The molecule has 188 valence electrons. The molecule has 0 spiro atoms. The number of hydrogen-bond acceptors (Lipinski definition) is 4. The molecule has 0 amide bonds. The topological polar surface area (TPSA) is 46.6 Å². The van der Waals surface area contributed by atoms with Gasteiger partial charge in [0.2, 0.25) is 0 Å². The van der Waals surface area contributed by atoms with E-state index >= 15 is 0 Å². The molecule has 5 heteroatoms. The highest BCUT2D eigenvalue weighted by Crippen LogP contribution is 2.55. The van der Waals surface area contributed by atoms with Gasteiger partial charge in [0, 0.05) is 58.9 Å². The zero-order chi connectivity index (χ0) is 25.8. The Morgan fingerprint density at radius 2 is 1.42 bits per heavy atom. The summed E-state index contributed by atoms with van der Waals surface area (Å²) in [6.07, 6.45) is 2.49. The first-order valence-corrected chi connectivity index (χ1v) is 13.1. The number of allylic oxidation sites excluding steroid dienone is 4. The summed E-state index contributed by atoms with van der Waals surface area (Å²) in [6, 6.07) is 15.5. The van der Waals surface area contributed by atoms with Gasteiger partial charge in [-0.15, -0.1) is 0 Å². The van der Waals surface area contributed by atoms with Gasteiger partial charge in [0.1, 0.15) is 12.4 Å². The molecular weight excluding hydrogens is 470 g/mol. The van der Waals surface area contributed by atoms with Gasteiger partial charge in [-0.05, 0) is 47.4 Å². The second kappa shape index (κ2) is 8.92. The molecule has 0 saturated carbocycles. The average Bonchev–Trinajstić information content (AvgIpc) is 2.79. The van der Waals surface area contributed by atoms with E-state index in [2.05, 4.69) is 32.6 Å². The molecule has 0 saturated heterocycles. The number of nitrogens with zero attached hydrogens (tertiary/aromatic N) is 1. The van der Waals surface area contributed by atoms with E-state index in [0.29, 0.717) is 30.2 Å². The zero-order valence-electron chi connectivity index (χ0n) is 21.8. The number of hydrogen-bond donors (Lipinski definition) is 0. The Kier molecular flexibility index (Phi) is 6.15. The molecule has 36 heavy (non-hydrogen) atoms. The molecular formula is C31H34ClNO3. The van der Waals surface area contributed by atoms with E-state index in [1.165, 1.54) is 0 Å². The minimum absolute atomic E-state index is 0.108. The van der Waals surface area contributed by atoms with Gasteiger partial charge in [0.25, 0.3) is 0 Å². The number of Topliss-reactive ketones (excluding diaryl/α,β-unsaturated/α-hetero) is 2. The van der Waals surface area contributed by atoms with Crippen molar-refractivity contribution in [3.05, 3.63) is 87.2 Å². The van der Waals surface area contributed by atoms with Crippen LogP contribution in [-0.4, -0.2) is 23.5 Å². The molecule has 5 rings (SSSR count). The SMILES string of the molecule is CN1C2=C(C(=O)CC(C)(C)C2)C(c2cc(Cl)ccc2OCc2ccccc2)C2=C1CC(C)(C)CC2=O. The maximum atomic E-state index is 13.8. The molecule has 0 N–H and O–H groups in total. The molecule has 1 heterocycles. The molecule has 0 radical (unpaired) electrons. The average molecular weight is 504 g/mol. The molecule has 3 aliphatic rings. The molecule has 4 nitrogen and oxygen atoms in total. The fourth-order valence-electron chi connectivity index (χ4n) is 6.09. The van der Waals surface area contributed by atoms with Gasteiger partial charge in [0.15, 0.2) is 11.6 Å². The van der Waals surface area contributed by atoms with Crippen molar-refractivity contribution < 1.29 is 14.3 Å². The highest BCUT2D eigenvalue weighted by molar-refractivity contribution is 6.30. The van der Waals surface area contributed by atoms with Crippen LogP contribution < -0.4 is 4.74 Å². The second-order valence-corrected chi connectivity index (χ2v) is 12.5. The van der Waals surface area contributed by atoms with Gasteiger partial charge in [-0.2, -0.15) is 0 Å². The maximum Gasteiger partial charge on any atom is 0.162 e. The number of ketones is 2. The fourth-order valence-corrected chi connectivity index (χ4v) is 6.27. The van der Waals surface area contributed by atoms with Crippen molar-refractivity contribution in [1.29, 1.82) is 0 Å². The van der Waals surface area contributed by atoms with Crippen molar-refractivity contribution in [1.82, 2.24) is 4.90 Å². The van der Waals surface area contributed by atoms with Crippen LogP contribution in [0.1, 0.15) is 70.4 Å². The van der Waals surface area contributed by atoms with Crippen LogP contribution in [0.4, 0.5) is 0 Å². The van der Waals surface area contributed by atoms with E-state index in [0.717, 1.165) is 46.5 Å². The van der Waals surface area contributed by atoms with E-state index in [1.54, 1.807) is 0 Å². The second-order valence-electron chi connectivity index (χ2n) is 12.1. The monoisotopic (exact) mass is 503 g/mol. The van der Waals surface area contributed by atoms with Crippen LogP contribution in [0.25, 0.3) is 0 Å². The zero-order valence-corrected chi connectivity index (χ0v) is 22.5. The van der Waals surface area contributed by atoms with Gasteiger partial charge in [0.05, 0.1) is 0 Å². The van der Waals surface area contributed by atoms with Crippen molar-refractivity contribution in [2.75, 3.05) is 7.05 Å². The molecule has 2 aliphatic carbocycles. The van der Waals surface area contributed by atoms with Crippen molar-refractivity contribution >= 4 is 23.2 Å². The molecule has 1 aliphatic heterocycles. The van der Waals surface area contributed by atoms with Crippen LogP contribution in [0.5, 0.6) is 5.75 Å². The Hall–Kier alpha value is -2.85. The lowest BCUT2D eigenvalue weighted by Gasteiger charge is -2.48. The number of carbonyl (C=O) groups is 2. The predicted octanol–water partition coefficient (Wildman–Crippen LogP) is 7.23. The lowest BCUT2D eigenvalue weighted by molar-refractivity contribution is -0.119. The van der Waals surface area contributed by atoms with Gasteiger partial charge in [-0.1, -0.05) is 69.6 Å². The van der Waals surface area contributed by atoms with E-state index < -0.39 is 5.92 Å². The first-order chi connectivity index (χ1) is 17.0. The third-order valence-electron chi connectivity index (χ3n) is 7.70. The maximum absolute atomic E-state index is 13.8. The molecule has 0 bridgehead atoms. The summed E-state index contributed by atoms with van der Waals surface area (Å²) in [5, 5.41) is 0.562. The van der Waals surface area contributed by atoms with Crippen LogP contribution >= 0.6 is 11.6 Å². The van der Waals surface area contributed by atoms with Crippen LogP contribution in [0.3, 0.4) is 0 Å². The molecule has 0 atom stereocenters. The quantitative estimate of drug-likeness (QED) is 0.441. The standard InChI is InChI=1S/C31H34ClNO3/c1-30(2)14-22-28(24(34)16-30)27(29-23(33(22)5)15-31(3,4)17-25(29)35)21-13-20(32)11-12-26(21)36-18-19-9-7-6-8-10-19/h6-13,27H,14-18H2,1-5H3. The summed E-state index contributed by atoms with van der Waals surface area (Å²) >= 11 is 6.53. The summed E-state index contributed by atoms with van der Waals surface area (Å²) in [7, 11) is 2.02. The highest BCUT2D eigenvalue weighted by atomic mass is 35.5. The minimum Gasteiger partial charge on any atom is -0.489 e. The summed E-state index contributed by atoms with van der Waals surface area (Å²) in [5.41, 5.74) is 5.09. The third kappa shape index (κ3) is 4.52. The van der Waals surface area contributed by atoms with Crippen molar-refractivity contribution in [3.63, 3.8) is 0 Å². The Morgan fingerprint density at radius 1 is 0.861 bits per heavy atom. The van der Waals surface area contributed by atoms with Gasteiger partial charge >= 0.3 is 0 Å². The molecule has 0 unspecified atom stereocenters. The fraction of sp³-hybridized carbons (Fsp3) is 0.419. The molecule has 0 aromatic heterocycles. The van der Waals surface area contributed by atoms with E-state index in [1.807, 2.05) is 55.6 Å². The van der Waals surface area contributed by atoms with Gasteiger partial charge < -0.3 is 9.64 Å². The van der Waals surface area contributed by atoms with Crippen LogP contribution in [-0.2, 0) is 16.2 Å². The van der Waals surface area contributed by atoms with Crippen molar-refractivity contribution in [3.8, 4) is 5.75 Å². The third-order valence-corrected chi connectivity index (χ3v) is 7.94. The summed E-state index contributed by atoms with van der Waals surface area (Å²) < 4.78 is 6.33. The summed E-state index contributed by atoms with van der Waals surface area (Å²) in [6.45, 7) is 8.97. The molecule has 2 aromatic rings. The Labute approximate surface area is 219 Å². The van der Waals surface area contributed by atoms with Gasteiger partial charge in [-0.25, -0.2) is 0 Å². The van der Waals surface area contributed by atoms with Gasteiger partial charge in [-0.3, -0.25) is 9.59 Å². The summed E-state index contributed by atoms with van der Waals surface area (Å²) in [5.74, 6) is 0.405. The first kappa shape index (κ1) is 24.8. The number of carbonyl (C=O) groups excluding carboxylic acids is 2. The molecule has 2 aromatic carbocycles. The van der Waals surface area contributed by atoms with Crippen LogP contribution in [0.15, 0.2) is 71.1 Å². The van der Waals surface area contributed by atoms with Crippen LogP contribution in [0, 0.1) is 10.8 Å². The van der Waals surface area contributed by atoms with Crippen LogP contribution in [0.2, 0.25) is 5.02 Å². The number of rotatable bonds is 4. The van der Waals surface area contributed by atoms with Crippen molar-refractivity contribution in [2.45, 2.75) is 65.9 Å². The molecule has 0 fully saturated rings. The highest BCUT2D eigenvalue weighted by Gasteiger charge is 2.48. The Morgan fingerprint density at radius 3 is 1.97 bits per heavy atom. The lowest BCUT2D eigenvalue weighted by atomic mass is 9.63. The smallest absolute Gasteiger partial charge is 0.162 e. The Balaban J connectivity index is 1.69. The largest absolute Gasteiger partial charge is 0.489 e. The predicted molar refractivity (Wildman–Crippen MR) is 143 cm³/mol. The first-order valence-electron chi connectivity index (χ1n) is 12.7. The van der Waals surface area contributed by atoms with Crippen molar-refractivity contribution in [2.24, 2.45) is 10.8 Å². The number of halogens is 1. The normalized spacial score (nSPS) is 21.4. The minimum atomic E-state index is -0.470. The number of benzene rings is 2. The Bertz CT molecular complexity index is 1250. The lowest BCUT2D eigenvalue weighted by Crippen LogP contribution is -2.43. The summed E-state index contributed by atoms with van der Waals surface area (Å²) in [4.78, 5) is 29.7. The van der Waals surface area contributed by atoms with E-state index in [4.69, 9.17) is 16.3 Å². The number of ether oxygens (including phenoxy) is 1.